The Morgan fingerprint density at radius 3 is 2.53 bits per heavy atom. The minimum atomic E-state index is -1.53. The Kier molecular flexibility index (Phi) is 4.54. The zero-order valence-corrected chi connectivity index (χ0v) is 9.72. The van der Waals surface area contributed by atoms with Crippen LogP contribution in [0.25, 0.3) is 0 Å². The molecule has 0 spiro atoms. The van der Waals surface area contributed by atoms with E-state index in [9.17, 15) is 18.8 Å². The molecule has 6 N–H and O–H groups in total. The van der Waals surface area contributed by atoms with Gasteiger partial charge in [-0.2, -0.15) is 0 Å². The van der Waals surface area contributed by atoms with Crippen molar-refractivity contribution in [2.45, 2.75) is 12.5 Å². The predicted octanol–water partition coefficient (Wildman–Crippen LogP) is -0.335. The summed E-state index contributed by atoms with van der Waals surface area (Å²) in [6.07, 6.45) is -0.399. The number of nitrogens with one attached hydrogen (secondary N) is 1. The maximum atomic E-state index is 13.3. The second kappa shape index (κ2) is 5.91. The molecule has 0 fully saturated rings. The number of carbonyl (C=O) groups is 3. The van der Waals surface area contributed by atoms with Crippen LogP contribution >= 0.6 is 0 Å². The van der Waals surface area contributed by atoms with E-state index in [1.54, 1.807) is 0 Å². The van der Waals surface area contributed by atoms with E-state index in [-0.39, 0.29) is 5.69 Å². The third-order valence-corrected chi connectivity index (χ3v) is 2.24. The molecule has 0 saturated carbocycles. The van der Waals surface area contributed by atoms with E-state index < -0.39 is 41.6 Å². The van der Waals surface area contributed by atoms with Crippen molar-refractivity contribution in [3.05, 3.63) is 29.6 Å². The summed E-state index contributed by atoms with van der Waals surface area (Å²) in [5.74, 6) is -4.13. The van der Waals surface area contributed by atoms with Gasteiger partial charge < -0.3 is 21.9 Å². The molecule has 0 aliphatic rings. The van der Waals surface area contributed by atoms with Crippen molar-refractivity contribution in [3.8, 4) is 0 Å². The van der Waals surface area contributed by atoms with E-state index in [4.69, 9.17) is 16.6 Å². The Morgan fingerprint density at radius 1 is 1.37 bits per heavy atom. The number of amides is 2. The van der Waals surface area contributed by atoms with E-state index in [0.29, 0.717) is 0 Å². The van der Waals surface area contributed by atoms with Crippen LogP contribution in [0.3, 0.4) is 0 Å². The third-order valence-electron chi connectivity index (χ3n) is 2.24. The molecular formula is C11H12FN3O4. The summed E-state index contributed by atoms with van der Waals surface area (Å²) in [6, 6.07) is 2.16. The van der Waals surface area contributed by atoms with E-state index in [1.807, 2.05) is 0 Å². The van der Waals surface area contributed by atoms with Crippen molar-refractivity contribution in [2.24, 2.45) is 11.5 Å². The lowest BCUT2D eigenvalue weighted by atomic mass is 10.1. The molecule has 1 aromatic carbocycles. The third kappa shape index (κ3) is 3.75. The van der Waals surface area contributed by atoms with Gasteiger partial charge in [0, 0.05) is 0 Å². The first kappa shape index (κ1) is 14.6. The summed E-state index contributed by atoms with van der Waals surface area (Å²) in [4.78, 5) is 33.1. The molecule has 0 radical (unpaired) electrons. The van der Waals surface area contributed by atoms with Gasteiger partial charge in [-0.25, -0.2) is 9.18 Å². The number of hydrogen-bond acceptors (Lipinski definition) is 4. The van der Waals surface area contributed by atoms with Gasteiger partial charge in [0.05, 0.1) is 18.2 Å². The van der Waals surface area contributed by atoms with Crippen LogP contribution in [0.4, 0.5) is 10.1 Å². The van der Waals surface area contributed by atoms with Gasteiger partial charge in [0.25, 0.3) is 0 Å². The van der Waals surface area contributed by atoms with E-state index in [1.165, 1.54) is 12.1 Å². The molecule has 1 atom stereocenters. The number of primary amides is 1. The summed E-state index contributed by atoms with van der Waals surface area (Å²) in [5, 5.41) is 11.0. The molecule has 19 heavy (non-hydrogen) atoms. The second-order valence-corrected chi connectivity index (χ2v) is 3.73. The van der Waals surface area contributed by atoms with Gasteiger partial charge in [-0.3, -0.25) is 9.59 Å². The lowest BCUT2D eigenvalue weighted by Gasteiger charge is -2.12. The molecule has 1 aromatic rings. The fourth-order valence-electron chi connectivity index (χ4n) is 1.38. The Balaban J connectivity index is 2.94. The van der Waals surface area contributed by atoms with Crippen molar-refractivity contribution in [1.82, 2.24) is 0 Å². The monoisotopic (exact) mass is 269 g/mol. The topological polar surface area (TPSA) is 136 Å². The van der Waals surface area contributed by atoms with Crippen molar-refractivity contribution >= 4 is 23.5 Å². The molecule has 1 rings (SSSR count). The van der Waals surface area contributed by atoms with Crippen LogP contribution in [0.1, 0.15) is 16.8 Å². The molecule has 7 nitrogen and oxygen atoms in total. The number of halogens is 1. The molecule has 0 saturated heterocycles. The second-order valence-electron chi connectivity index (χ2n) is 3.73. The summed E-state index contributed by atoms with van der Waals surface area (Å²) in [5.41, 5.74) is 9.33. The first-order chi connectivity index (χ1) is 8.82. The molecule has 0 aromatic heterocycles. The SMILES string of the molecule is NC(=O)CC(N)C(=O)Nc1cccc(F)c1C(=O)O. The fourth-order valence-corrected chi connectivity index (χ4v) is 1.38. The molecule has 0 aliphatic heterocycles. The van der Waals surface area contributed by atoms with Crippen molar-refractivity contribution in [3.63, 3.8) is 0 Å². The minimum Gasteiger partial charge on any atom is -0.478 e. The van der Waals surface area contributed by atoms with Gasteiger partial charge in [-0.15, -0.1) is 0 Å². The molecule has 2 amide bonds. The number of anilines is 1. The Labute approximate surface area is 107 Å². The first-order valence-electron chi connectivity index (χ1n) is 5.19. The van der Waals surface area contributed by atoms with Crippen LogP contribution in [0, 0.1) is 5.82 Å². The van der Waals surface area contributed by atoms with Crippen LogP contribution in [-0.4, -0.2) is 28.9 Å². The van der Waals surface area contributed by atoms with Gasteiger partial charge in [0.2, 0.25) is 11.8 Å². The smallest absolute Gasteiger partial charge is 0.340 e. The summed E-state index contributed by atoms with van der Waals surface area (Å²) in [7, 11) is 0. The zero-order chi connectivity index (χ0) is 14.6. The van der Waals surface area contributed by atoms with Gasteiger partial charge in [0.1, 0.15) is 11.4 Å². The first-order valence-corrected chi connectivity index (χ1v) is 5.19. The Morgan fingerprint density at radius 2 is 2.00 bits per heavy atom. The Bertz CT molecular complexity index is 533. The van der Waals surface area contributed by atoms with Crippen LogP contribution in [-0.2, 0) is 9.59 Å². The van der Waals surface area contributed by atoms with Crippen molar-refractivity contribution in [2.75, 3.05) is 5.32 Å². The van der Waals surface area contributed by atoms with E-state index >= 15 is 0 Å². The zero-order valence-electron chi connectivity index (χ0n) is 9.72. The van der Waals surface area contributed by atoms with Gasteiger partial charge in [0.15, 0.2) is 0 Å². The highest BCUT2D eigenvalue weighted by Gasteiger charge is 2.21. The molecule has 102 valence electrons. The number of hydrogen-bond donors (Lipinski definition) is 4. The van der Waals surface area contributed by atoms with Gasteiger partial charge in [-0.1, -0.05) is 6.07 Å². The number of rotatable bonds is 5. The average molecular weight is 269 g/mol. The number of benzene rings is 1. The van der Waals surface area contributed by atoms with E-state index in [0.717, 1.165) is 6.07 Å². The molecule has 0 heterocycles. The van der Waals surface area contributed by atoms with Crippen LogP contribution in [0.5, 0.6) is 0 Å². The molecule has 0 bridgehead atoms. The number of carboxylic acids is 1. The highest BCUT2D eigenvalue weighted by molar-refractivity contribution is 6.03. The summed E-state index contributed by atoms with van der Waals surface area (Å²) >= 11 is 0. The van der Waals surface area contributed by atoms with Gasteiger partial charge in [-0.05, 0) is 12.1 Å². The van der Waals surface area contributed by atoms with Crippen LogP contribution < -0.4 is 16.8 Å². The largest absolute Gasteiger partial charge is 0.478 e. The quantitative estimate of drug-likeness (QED) is 0.580. The highest BCUT2D eigenvalue weighted by Crippen LogP contribution is 2.19. The van der Waals surface area contributed by atoms with Gasteiger partial charge >= 0.3 is 5.97 Å². The number of aromatic carboxylic acids is 1. The summed E-state index contributed by atoms with van der Waals surface area (Å²) < 4.78 is 13.3. The molecule has 8 heteroatoms. The molecular weight excluding hydrogens is 257 g/mol. The number of carboxylic acid groups (broad SMARTS) is 1. The van der Waals surface area contributed by atoms with Crippen molar-refractivity contribution in [1.29, 1.82) is 0 Å². The maximum absolute atomic E-state index is 13.3. The number of carbonyl (C=O) groups excluding carboxylic acids is 2. The molecule has 1 unspecified atom stereocenters. The standard InChI is InChI=1S/C11H12FN3O4/c12-5-2-1-3-7(9(5)11(18)19)15-10(17)6(13)4-8(14)16/h1-3,6H,4,13H2,(H2,14,16)(H,15,17)(H,18,19). The van der Waals surface area contributed by atoms with Crippen LogP contribution in [0.15, 0.2) is 18.2 Å². The Hall–Kier alpha value is -2.48. The minimum absolute atomic E-state index is 0.238. The lowest BCUT2D eigenvalue weighted by Crippen LogP contribution is -2.39. The van der Waals surface area contributed by atoms with Crippen molar-refractivity contribution < 1.29 is 23.9 Å². The normalized spacial score (nSPS) is 11.7. The summed E-state index contributed by atoms with van der Waals surface area (Å²) in [6.45, 7) is 0. The maximum Gasteiger partial charge on any atom is 0.340 e. The van der Waals surface area contributed by atoms with E-state index in [2.05, 4.69) is 5.32 Å². The number of nitrogens with two attached hydrogens (primary N) is 2. The predicted molar refractivity (Wildman–Crippen MR) is 63.8 cm³/mol. The average Bonchev–Trinajstić information content (AvgIpc) is 2.27. The highest BCUT2D eigenvalue weighted by atomic mass is 19.1. The fraction of sp³-hybridized carbons (Fsp3) is 0.182. The lowest BCUT2D eigenvalue weighted by molar-refractivity contribution is -0.123. The van der Waals surface area contributed by atoms with Crippen LogP contribution in [0.2, 0.25) is 0 Å². The molecule has 0 aliphatic carbocycles.